The predicted molar refractivity (Wildman–Crippen MR) is 156 cm³/mol. The molecule has 6 rings (SSSR count). The molecule has 0 saturated heterocycles. The topological polar surface area (TPSA) is 185 Å². The molecule has 5 aromatic rings. The molecule has 3 N–H and O–H groups in total. The summed E-state index contributed by atoms with van der Waals surface area (Å²) in [6, 6.07) is 9.66. The summed E-state index contributed by atoms with van der Waals surface area (Å²) in [5, 5.41) is 16.5. The molecule has 0 spiro atoms. The van der Waals surface area contributed by atoms with E-state index in [2.05, 4.69) is 25.4 Å². The lowest BCUT2D eigenvalue weighted by molar-refractivity contribution is -0.0636. The number of hydrogen-bond donors (Lipinski definition) is 2. The van der Waals surface area contributed by atoms with E-state index in [1.54, 1.807) is 24.2 Å². The summed E-state index contributed by atoms with van der Waals surface area (Å²) in [7, 11) is -2.24. The molecule has 43 heavy (non-hydrogen) atoms. The van der Waals surface area contributed by atoms with Gasteiger partial charge < -0.3 is 20.2 Å². The van der Waals surface area contributed by atoms with Gasteiger partial charge in [0.2, 0.25) is 5.78 Å². The first-order chi connectivity index (χ1) is 20.7. The summed E-state index contributed by atoms with van der Waals surface area (Å²) in [6.07, 6.45) is 9.09. The fraction of sp³-hybridized carbons (Fsp3) is 0.357. The average Bonchev–Trinajstić information content (AvgIpc) is 3.78. The third-order valence-corrected chi connectivity index (χ3v) is 9.00. The molecule has 15 heteroatoms. The normalized spacial score (nSPS) is 19.2. The van der Waals surface area contributed by atoms with E-state index in [0.717, 1.165) is 17.5 Å². The molecule has 224 valence electrons. The number of Topliss-reactive ketones (excluding diaryl/α,β-unsaturated/α-hetero) is 1. The van der Waals surface area contributed by atoms with E-state index in [1.165, 1.54) is 10.8 Å². The van der Waals surface area contributed by atoms with Gasteiger partial charge >= 0.3 is 0 Å². The number of aromatic nitrogens is 8. The van der Waals surface area contributed by atoms with Gasteiger partial charge in [-0.25, -0.2) is 18.1 Å². The van der Waals surface area contributed by atoms with Gasteiger partial charge in [0.05, 0.1) is 37.0 Å². The van der Waals surface area contributed by atoms with Gasteiger partial charge in [0.1, 0.15) is 22.6 Å². The summed E-state index contributed by atoms with van der Waals surface area (Å²) in [4.78, 5) is 21.1. The number of nitrogens with two attached hydrogens (primary N) is 1. The lowest BCUT2D eigenvalue weighted by Gasteiger charge is -2.38. The smallest absolute Gasteiger partial charge is 0.231 e. The number of nitrogens with zero attached hydrogens (tertiary/aromatic N) is 7. The zero-order valence-corrected chi connectivity index (χ0v) is 24.5. The van der Waals surface area contributed by atoms with Gasteiger partial charge in [-0.3, -0.25) is 4.79 Å². The number of ketones is 1. The maximum atomic E-state index is 13.5. The second-order valence-electron chi connectivity index (χ2n) is 10.6. The number of H-pyrrole nitrogens is 1. The molecule has 1 aromatic carbocycles. The molecule has 4 aromatic heterocycles. The number of para-hydroxylation sites is 1. The molecule has 0 aliphatic heterocycles. The van der Waals surface area contributed by atoms with Crippen molar-refractivity contribution in [2.24, 2.45) is 0 Å². The summed E-state index contributed by atoms with van der Waals surface area (Å²) in [5.74, 6) is -0.528. The number of aromatic amines is 1. The number of rotatable bonds is 10. The minimum Gasteiger partial charge on any atom is -0.382 e. The zero-order chi connectivity index (χ0) is 30.2. The Balaban J connectivity index is 1.38. The Labute approximate surface area is 247 Å². The number of carbonyl (C=O) groups is 1. The van der Waals surface area contributed by atoms with Gasteiger partial charge in [-0.15, -0.1) is 10.2 Å². The molecular weight excluding hydrogens is 574 g/mol. The number of nitrogen functional groups attached to an aromatic ring is 1. The van der Waals surface area contributed by atoms with Crippen LogP contribution in [0.25, 0.3) is 22.5 Å². The molecule has 0 unspecified atom stereocenters. The van der Waals surface area contributed by atoms with Crippen molar-refractivity contribution >= 4 is 27.1 Å². The standard InChI is InChI=1S/C28H31N9O5S/c1-41-12-13-42-28(24(38)26-30-17-31-35-26)10-8-18(9-11-28)22-23(43(2,39)40)25(29)37-27(34-22)21(15-33-37)19-14-32-36(16-19)20-6-4-3-5-7-20/h3-7,14-18H,8-13,29H2,1-2H3,(H,30,31,35)/t18-,28+. The maximum Gasteiger partial charge on any atom is 0.231 e. The van der Waals surface area contributed by atoms with Crippen molar-refractivity contribution in [1.29, 1.82) is 0 Å². The third kappa shape index (κ3) is 5.30. The molecule has 1 aliphatic rings. The zero-order valence-electron chi connectivity index (χ0n) is 23.7. The molecule has 0 radical (unpaired) electrons. The first kappa shape index (κ1) is 28.6. The molecule has 14 nitrogen and oxygen atoms in total. The lowest BCUT2D eigenvalue weighted by atomic mass is 9.75. The number of nitrogens with one attached hydrogen (secondary N) is 1. The number of sulfone groups is 1. The molecule has 1 fully saturated rings. The second kappa shape index (κ2) is 11.3. The van der Waals surface area contributed by atoms with Crippen molar-refractivity contribution in [2.75, 3.05) is 32.3 Å². The van der Waals surface area contributed by atoms with E-state index < -0.39 is 15.4 Å². The van der Waals surface area contributed by atoms with E-state index in [0.29, 0.717) is 49.2 Å². The van der Waals surface area contributed by atoms with E-state index in [9.17, 15) is 13.2 Å². The van der Waals surface area contributed by atoms with Crippen LogP contribution in [0.4, 0.5) is 5.82 Å². The Morgan fingerprint density at radius 1 is 1.14 bits per heavy atom. The van der Waals surface area contributed by atoms with Crippen LogP contribution in [0.5, 0.6) is 0 Å². The minimum absolute atomic E-state index is 0.0184. The van der Waals surface area contributed by atoms with Crippen LogP contribution < -0.4 is 5.73 Å². The molecule has 4 heterocycles. The van der Waals surface area contributed by atoms with Gasteiger partial charge in [-0.1, -0.05) is 18.2 Å². The second-order valence-corrected chi connectivity index (χ2v) is 12.5. The summed E-state index contributed by atoms with van der Waals surface area (Å²) >= 11 is 0. The number of anilines is 1. The van der Waals surface area contributed by atoms with Gasteiger partial charge in [0.25, 0.3) is 0 Å². The summed E-state index contributed by atoms with van der Waals surface area (Å²) in [5.41, 5.74) is 8.38. The number of carbonyl (C=O) groups excluding carboxylic acids is 1. The highest BCUT2D eigenvalue weighted by atomic mass is 32.2. The summed E-state index contributed by atoms with van der Waals surface area (Å²) < 4.78 is 40.5. The highest BCUT2D eigenvalue weighted by Crippen LogP contribution is 2.44. The molecule has 0 bridgehead atoms. The molecule has 0 atom stereocenters. The van der Waals surface area contributed by atoms with Crippen LogP contribution in [-0.2, 0) is 19.3 Å². The first-order valence-electron chi connectivity index (χ1n) is 13.7. The molecule has 1 aliphatic carbocycles. The van der Waals surface area contributed by atoms with E-state index in [-0.39, 0.29) is 34.8 Å². The van der Waals surface area contributed by atoms with Crippen LogP contribution in [0, 0.1) is 0 Å². The number of benzene rings is 1. The fourth-order valence-electron chi connectivity index (χ4n) is 5.71. The highest BCUT2D eigenvalue weighted by Gasteiger charge is 2.46. The molecular formula is C28H31N9O5S. The summed E-state index contributed by atoms with van der Waals surface area (Å²) in [6.45, 7) is 0.523. The van der Waals surface area contributed by atoms with Crippen molar-refractivity contribution in [2.45, 2.75) is 42.1 Å². The van der Waals surface area contributed by atoms with Crippen molar-refractivity contribution < 1.29 is 22.7 Å². The van der Waals surface area contributed by atoms with Gasteiger partial charge in [-0.2, -0.15) is 14.7 Å². The highest BCUT2D eigenvalue weighted by molar-refractivity contribution is 7.91. The Morgan fingerprint density at radius 2 is 1.91 bits per heavy atom. The predicted octanol–water partition coefficient (Wildman–Crippen LogP) is 2.63. The van der Waals surface area contributed by atoms with Crippen LogP contribution in [0.15, 0.2) is 60.1 Å². The fourth-order valence-corrected chi connectivity index (χ4v) is 6.77. The largest absolute Gasteiger partial charge is 0.382 e. The van der Waals surface area contributed by atoms with Gasteiger partial charge in [-0.05, 0) is 37.8 Å². The molecule has 1 saturated carbocycles. The number of hydrogen-bond acceptors (Lipinski definition) is 11. The van der Waals surface area contributed by atoms with Gasteiger partial charge in [0, 0.05) is 36.6 Å². The monoisotopic (exact) mass is 605 g/mol. The Bertz CT molecular complexity index is 1860. The van der Waals surface area contributed by atoms with Crippen LogP contribution >= 0.6 is 0 Å². The third-order valence-electron chi connectivity index (χ3n) is 7.84. The number of fused-ring (bicyclic) bond motifs is 1. The Kier molecular flexibility index (Phi) is 7.54. The lowest BCUT2D eigenvalue weighted by Crippen LogP contribution is -2.46. The van der Waals surface area contributed by atoms with Crippen LogP contribution in [0.3, 0.4) is 0 Å². The van der Waals surface area contributed by atoms with Crippen LogP contribution in [-0.4, -0.2) is 85.9 Å². The van der Waals surface area contributed by atoms with Crippen LogP contribution in [0.1, 0.15) is 47.9 Å². The molecule has 0 amide bonds. The van der Waals surface area contributed by atoms with Crippen molar-refractivity contribution in [3.8, 4) is 16.8 Å². The van der Waals surface area contributed by atoms with Crippen molar-refractivity contribution in [3.63, 3.8) is 0 Å². The van der Waals surface area contributed by atoms with Crippen molar-refractivity contribution in [3.05, 3.63) is 66.8 Å². The average molecular weight is 606 g/mol. The Hall–Kier alpha value is -4.47. The van der Waals surface area contributed by atoms with E-state index in [1.807, 2.05) is 36.5 Å². The van der Waals surface area contributed by atoms with Crippen LogP contribution in [0.2, 0.25) is 0 Å². The Morgan fingerprint density at radius 3 is 2.58 bits per heavy atom. The first-order valence-corrected chi connectivity index (χ1v) is 15.6. The minimum atomic E-state index is -3.79. The van der Waals surface area contributed by atoms with Gasteiger partial charge in [0.15, 0.2) is 21.3 Å². The van der Waals surface area contributed by atoms with Crippen molar-refractivity contribution in [1.82, 2.24) is 39.6 Å². The number of ether oxygens (including phenoxy) is 2. The van der Waals surface area contributed by atoms with E-state index >= 15 is 0 Å². The quantitative estimate of drug-likeness (QED) is 0.176. The maximum absolute atomic E-state index is 13.5. The SMILES string of the molecule is COCCO[C@]1(C(=O)c2nnc[nH]2)CC[C@H](c2nc3c(-c4cnn(-c5ccccc5)c4)cnn3c(N)c2S(C)(=O)=O)CC1. The van der Waals surface area contributed by atoms with E-state index in [4.69, 9.17) is 20.2 Å². The number of methoxy groups -OCH3 is 1.